The van der Waals surface area contributed by atoms with E-state index in [1.54, 1.807) is 24.3 Å². The molecule has 0 radical (unpaired) electrons. The first kappa shape index (κ1) is 13.5. The number of hydrogen-bond donors (Lipinski definition) is 1. The molecular formula is C14H15NO3S. The van der Waals surface area contributed by atoms with Gasteiger partial charge in [-0.3, -0.25) is 4.98 Å². The molecule has 0 spiro atoms. The smallest absolute Gasteiger partial charge is 0.177 e. The lowest BCUT2D eigenvalue weighted by Crippen LogP contribution is -1.98. The van der Waals surface area contributed by atoms with Crippen LogP contribution in [0.5, 0.6) is 5.75 Å². The lowest BCUT2D eigenvalue weighted by Gasteiger charge is -2.10. The van der Waals surface area contributed by atoms with Crippen LogP contribution < -0.4 is 0 Å². The minimum absolute atomic E-state index is 0.199. The van der Waals surface area contributed by atoms with Crippen molar-refractivity contribution in [2.24, 2.45) is 0 Å². The van der Waals surface area contributed by atoms with Gasteiger partial charge in [-0.15, -0.1) is 0 Å². The fraction of sp³-hybridized carbons (Fsp3) is 0.214. The summed E-state index contributed by atoms with van der Waals surface area (Å²) in [6.07, 6.45) is 2.51. The summed E-state index contributed by atoms with van der Waals surface area (Å²) < 4.78 is 22.8. The molecule has 0 atom stereocenters. The van der Waals surface area contributed by atoms with Crippen LogP contribution in [0.3, 0.4) is 0 Å². The lowest BCUT2D eigenvalue weighted by atomic mass is 9.99. The number of aromatic nitrogens is 1. The summed E-state index contributed by atoms with van der Waals surface area (Å²) >= 11 is 0. The van der Waals surface area contributed by atoms with Crippen LogP contribution in [0.15, 0.2) is 35.4 Å². The van der Waals surface area contributed by atoms with Crippen LogP contribution >= 0.6 is 0 Å². The van der Waals surface area contributed by atoms with Gasteiger partial charge in [0, 0.05) is 18.0 Å². The highest BCUT2D eigenvalue weighted by molar-refractivity contribution is 7.90. The second kappa shape index (κ2) is 4.66. The quantitative estimate of drug-likeness (QED) is 0.915. The number of phenolic OH excluding ortho intramolecular Hbond substituents is 1. The number of sulfone groups is 1. The maximum atomic E-state index is 11.4. The van der Waals surface area contributed by atoms with Gasteiger partial charge in [0.25, 0.3) is 0 Å². The first-order valence-electron chi connectivity index (χ1n) is 5.76. The van der Waals surface area contributed by atoms with Crippen LogP contribution in [-0.4, -0.2) is 24.8 Å². The van der Waals surface area contributed by atoms with E-state index in [1.165, 1.54) is 6.20 Å². The molecule has 19 heavy (non-hydrogen) atoms. The Bertz CT molecular complexity index is 696. The van der Waals surface area contributed by atoms with Crippen LogP contribution in [0.2, 0.25) is 0 Å². The number of nitrogens with zero attached hydrogens (tertiary/aromatic N) is 1. The van der Waals surface area contributed by atoms with E-state index < -0.39 is 9.84 Å². The standard InChI is InChI=1S/C14H15NO3S/c1-9-6-11(16)7-10(2)14(9)13-5-4-12(8-15-13)19(3,17)18/h4-8,16H,1-3H3. The van der Waals surface area contributed by atoms with Gasteiger partial charge >= 0.3 is 0 Å². The van der Waals surface area contributed by atoms with Crippen molar-refractivity contribution in [1.82, 2.24) is 4.98 Å². The van der Waals surface area contributed by atoms with E-state index >= 15 is 0 Å². The zero-order valence-corrected chi connectivity index (χ0v) is 11.8. The van der Waals surface area contributed by atoms with Crippen molar-refractivity contribution in [2.45, 2.75) is 18.7 Å². The molecular weight excluding hydrogens is 262 g/mol. The fourth-order valence-electron chi connectivity index (χ4n) is 2.09. The molecule has 0 unspecified atom stereocenters. The zero-order valence-electron chi connectivity index (χ0n) is 11.0. The molecule has 2 aromatic rings. The minimum atomic E-state index is -3.23. The van der Waals surface area contributed by atoms with Crippen LogP contribution in [0.25, 0.3) is 11.3 Å². The predicted octanol–water partition coefficient (Wildman–Crippen LogP) is 2.47. The van der Waals surface area contributed by atoms with Gasteiger partial charge in [-0.05, 0) is 49.2 Å². The average Bonchev–Trinajstić information content (AvgIpc) is 2.27. The van der Waals surface area contributed by atoms with E-state index in [9.17, 15) is 13.5 Å². The van der Waals surface area contributed by atoms with E-state index in [0.29, 0.717) is 5.69 Å². The van der Waals surface area contributed by atoms with Crippen molar-refractivity contribution in [1.29, 1.82) is 0 Å². The highest BCUT2D eigenvalue weighted by Crippen LogP contribution is 2.29. The zero-order chi connectivity index (χ0) is 14.2. The van der Waals surface area contributed by atoms with Crippen LogP contribution in [0.1, 0.15) is 11.1 Å². The highest BCUT2D eigenvalue weighted by atomic mass is 32.2. The second-order valence-electron chi connectivity index (χ2n) is 4.61. The Labute approximate surface area is 112 Å². The van der Waals surface area contributed by atoms with E-state index in [0.717, 1.165) is 22.9 Å². The molecule has 0 saturated heterocycles. The predicted molar refractivity (Wildman–Crippen MR) is 73.9 cm³/mol. The van der Waals surface area contributed by atoms with Crippen LogP contribution in [-0.2, 0) is 9.84 Å². The Hall–Kier alpha value is -1.88. The first-order valence-corrected chi connectivity index (χ1v) is 7.65. The minimum Gasteiger partial charge on any atom is -0.508 e. The third-order valence-corrected chi connectivity index (χ3v) is 4.04. The van der Waals surface area contributed by atoms with Gasteiger partial charge in [-0.2, -0.15) is 0 Å². The average molecular weight is 277 g/mol. The van der Waals surface area contributed by atoms with E-state index in [1.807, 2.05) is 13.8 Å². The maximum Gasteiger partial charge on any atom is 0.177 e. The van der Waals surface area contributed by atoms with Crippen molar-refractivity contribution in [3.05, 3.63) is 41.6 Å². The molecule has 5 heteroatoms. The molecule has 1 aromatic carbocycles. The van der Waals surface area contributed by atoms with E-state index in [-0.39, 0.29) is 10.6 Å². The molecule has 1 aromatic heterocycles. The molecule has 0 aliphatic carbocycles. The summed E-state index contributed by atoms with van der Waals surface area (Å²) in [5.41, 5.74) is 3.41. The second-order valence-corrected chi connectivity index (χ2v) is 6.62. The van der Waals surface area contributed by atoms with Gasteiger partial charge in [0.1, 0.15) is 5.75 Å². The third kappa shape index (κ3) is 2.76. The Morgan fingerprint density at radius 2 is 1.68 bits per heavy atom. The summed E-state index contributed by atoms with van der Waals surface area (Å²) in [7, 11) is -3.23. The number of phenols is 1. The number of pyridine rings is 1. The normalized spacial score (nSPS) is 11.5. The molecule has 2 rings (SSSR count). The first-order chi connectivity index (χ1) is 8.79. The molecule has 0 fully saturated rings. The summed E-state index contributed by atoms with van der Waals surface area (Å²) in [5, 5.41) is 9.52. The van der Waals surface area contributed by atoms with Gasteiger partial charge in [0.05, 0.1) is 10.6 Å². The molecule has 100 valence electrons. The van der Waals surface area contributed by atoms with E-state index in [4.69, 9.17) is 0 Å². The van der Waals surface area contributed by atoms with Crippen LogP contribution in [0.4, 0.5) is 0 Å². The molecule has 1 heterocycles. The molecule has 0 aliphatic heterocycles. The number of hydrogen-bond acceptors (Lipinski definition) is 4. The Morgan fingerprint density at radius 3 is 2.11 bits per heavy atom. The molecule has 4 nitrogen and oxygen atoms in total. The SMILES string of the molecule is Cc1cc(O)cc(C)c1-c1ccc(S(C)(=O)=O)cn1. The number of aryl methyl sites for hydroxylation is 2. The Morgan fingerprint density at radius 1 is 1.11 bits per heavy atom. The molecule has 1 N–H and O–H groups in total. The number of benzene rings is 1. The van der Waals surface area contributed by atoms with Gasteiger partial charge < -0.3 is 5.11 Å². The van der Waals surface area contributed by atoms with Crippen molar-refractivity contribution < 1.29 is 13.5 Å². The van der Waals surface area contributed by atoms with Gasteiger partial charge in [-0.1, -0.05) is 0 Å². The maximum absolute atomic E-state index is 11.4. The summed E-state index contributed by atoms with van der Waals surface area (Å²) in [4.78, 5) is 4.41. The molecule has 0 saturated carbocycles. The fourth-order valence-corrected chi connectivity index (χ4v) is 2.65. The molecule has 0 bridgehead atoms. The topological polar surface area (TPSA) is 67.3 Å². The molecule has 0 aliphatic rings. The van der Waals surface area contributed by atoms with Crippen molar-refractivity contribution in [2.75, 3.05) is 6.26 Å². The number of rotatable bonds is 2. The van der Waals surface area contributed by atoms with Crippen molar-refractivity contribution in [3.8, 4) is 17.0 Å². The summed E-state index contributed by atoms with van der Waals surface area (Å²) in [6, 6.07) is 6.55. The van der Waals surface area contributed by atoms with Gasteiger partial charge in [0.2, 0.25) is 0 Å². The summed E-state index contributed by atoms with van der Waals surface area (Å²) in [5.74, 6) is 0.214. The highest BCUT2D eigenvalue weighted by Gasteiger charge is 2.11. The van der Waals surface area contributed by atoms with Crippen LogP contribution in [0, 0.1) is 13.8 Å². The largest absolute Gasteiger partial charge is 0.508 e. The van der Waals surface area contributed by atoms with Crippen molar-refractivity contribution in [3.63, 3.8) is 0 Å². The monoisotopic (exact) mass is 277 g/mol. The molecule has 0 amide bonds. The Kier molecular flexibility index (Phi) is 3.32. The van der Waals surface area contributed by atoms with Gasteiger partial charge in [0.15, 0.2) is 9.84 Å². The van der Waals surface area contributed by atoms with Crippen molar-refractivity contribution >= 4 is 9.84 Å². The summed E-state index contributed by atoms with van der Waals surface area (Å²) in [6.45, 7) is 3.77. The Balaban J connectivity index is 2.55. The van der Waals surface area contributed by atoms with Gasteiger partial charge in [-0.25, -0.2) is 8.42 Å². The third-order valence-electron chi connectivity index (χ3n) is 2.94. The van der Waals surface area contributed by atoms with E-state index in [2.05, 4.69) is 4.98 Å². The number of aromatic hydroxyl groups is 1. The lowest BCUT2D eigenvalue weighted by molar-refractivity contribution is 0.474.